The van der Waals surface area contributed by atoms with E-state index >= 15 is 0 Å². The maximum absolute atomic E-state index is 14.0. The number of carbonyl (C=O) groups is 1. The van der Waals surface area contributed by atoms with Gasteiger partial charge in [0, 0.05) is 5.41 Å². The van der Waals surface area contributed by atoms with Gasteiger partial charge in [0.2, 0.25) is 0 Å². The second-order valence-corrected chi connectivity index (χ2v) is 17.5. The van der Waals surface area contributed by atoms with Gasteiger partial charge in [0.15, 0.2) is 5.78 Å². The summed E-state index contributed by atoms with van der Waals surface area (Å²) in [4.78, 5) is 14.0. The highest BCUT2D eigenvalue weighted by Crippen LogP contribution is 2.76. The van der Waals surface area contributed by atoms with Gasteiger partial charge >= 0.3 is 6.18 Å². The lowest BCUT2D eigenvalue weighted by molar-refractivity contribution is -0.245. The molecule has 4 unspecified atom stereocenters. The molecule has 0 radical (unpaired) electrons. The summed E-state index contributed by atoms with van der Waals surface area (Å²) in [5, 5.41) is 12.2. The number of carbonyl (C=O) groups excluding carboxylic acids is 1. The summed E-state index contributed by atoms with van der Waals surface area (Å²) in [5.74, 6) is 0.987. The van der Waals surface area contributed by atoms with Crippen LogP contribution in [0.5, 0.6) is 0 Å². The van der Waals surface area contributed by atoms with Gasteiger partial charge in [0.05, 0.1) is 22.9 Å². The van der Waals surface area contributed by atoms with Gasteiger partial charge in [0.25, 0.3) is 0 Å². The zero-order chi connectivity index (χ0) is 32.3. The molecule has 6 rings (SSSR count). The number of rotatable bonds is 2. The Morgan fingerprint density at radius 2 is 1.50 bits per heavy atom. The molecule has 9 atom stereocenters. The number of hydrogen-bond donors (Lipinski definition) is 1. The Morgan fingerprint density at radius 1 is 0.864 bits per heavy atom. The fourth-order valence-electron chi connectivity index (χ4n) is 12.2. The maximum Gasteiger partial charge on any atom is 0.416 e. The molecule has 0 aromatic heterocycles. The van der Waals surface area contributed by atoms with E-state index in [1.807, 2.05) is 6.08 Å². The van der Waals surface area contributed by atoms with Gasteiger partial charge in [-0.2, -0.15) is 13.2 Å². The number of hydrogen-bond acceptors (Lipinski definition) is 3. The van der Waals surface area contributed by atoms with Crippen molar-refractivity contribution in [1.82, 2.24) is 0 Å². The predicted molar refractivity (Wildman–Crippen MR) is 168 cm³/mol. The number of halogens is 3. The molecule has 1 aromatic rings. The second-order valence-electron chi connectivity index (χ2n) is 17.5. The monoisotopic (exact) mass is 614 g/mol. The third-order valence-electron chi connectivity index (χ3n) is 14.3. The van der Waals surface area contributed by atoms with Crippen molar-refractivity contribution in [3.63, 3.8) is 0 Å². The zero-order valence-corrected chi connectivity index (χ0v) is 28.0. The number of benzene rings is 1. The van der Waals surface area contributed by atoms with Crippen LogP contribution in [0.4, 0.5) is 13.2 Å². The number of aliphatic hydroxyl groups excluding tert-OH is 1. The molecule has 1 saturated heterocycles. The zero-order valence-electron chi connectivity index (χ0n) is 28.0. The van der Waals surface area contributed by atoms with Crippen molar-refractivity contribution in [2.75, 3.05) is 0 Å². The number of fused-ring (bicyclic) bond motifs is 5. The summed E-state index contributed by atoms with van der Waals surface area (Å²) in [5.41, 5.74) is -0.631. The Labute approximate surface area is 262 Å². The maximum atomic E-state index is 14.0. The van der Waals surface area contributed by atoms with Gasteiger partial charge in [-0.15, -0.1) is 0 Å². The van der Waals surface area contributed by atoms with E-state index in [2.05, 4.69) is 55.4 Å². The van der Waals surface area contributed by atoms with Crippen molar-refractivity contribution in [2.45, 2.75) is 137 Å². The molecule has 5 aliphatic rings. The fourth-order valence-corrected chi connectivity index (χ4v) is 12.2. The van der Waals surface area contributed by atoms with Crippen LogP contribution in [-0.4, -0.2) is 28.2 Å². The average molecular weight is 615 g/mol. The number of ether oxygens (including phenoxy) is 1. The van der Waals surface area contributed by atoms with E-state index in [-0.39, 0.29) is 51.0 Å². The third kappa shape index (κ3) is 4.61. The number of alkyl halides is 3. The van der Waals surface area contributed by atoms with Crippen LogP contribution >= 0.6 is 0 Å². The van der Waals surface area contributed by atoms with E-state index in [1.54, 1.807) is 0 Å². The lowest BCUT2D eigenvalue weighted by Crippen LogP contribution is -2.66. The van der Waals surface area contributed by atoms with Crippen LogP contribution in [0.2, 0.25) is 0 Å². The van der Waals surface area contributed by atoms with Gasteiger partial charge in [-0.3, -0.25) is 4.79 Å². The molecule has 0 amide bonds. The smallest absolute Gasteiger partial charge is 0.393 e. The number of ketones is 1. The van der Waals surface area contributed by atoms with E-state index < -0.39 is 23.3 Å². The SMILES string of the molecule is CC1(C)CCC[C@](C)(C2CC[C@]3(C)C2[C@H](O)CC2[C@@]4(C)C/C(=C/c5ccc(C(F)(F)F)cc5)C(=O)C(C)(C)C4CC[C@]23C)O1. The van der Waals surface area contributed by atoms with Gasteiger partial charge in [0.1, 0.15) is 0 Å². The first kappa shape index (κ1) is 32.3. The highest BCUT2D eigenvalue weighted by molar-refractivity contribution is 6.04. The Morgan fingerprint density at radius 3 is 2.11 bits per heavy atom. The van der Waals surface area contributed by atoms with Crippen LogP contribution in [0, 0.1) is 45.3 Å². The van der Waals surface area contributed by atoms with Crippen LogP contribution < -0.4 is 0 Å². The van der Waals surface area contributed by atoms with Gasteiger partial charge < -0.3 is 9.84 Å². The average Bonchev–Trinajstić information content (AvgIpc) is 3.28. The number of aliphatic hydroxyl groups is 1. The summed E-state index contributed by atoms with van der Waals surface area (Å²) in [7, 11) is 0. The second kappa shape index (κ2) is 9.92. The van der Waals surface area contributed by atoms with Crippen LogP contribution in [0.25, 0.3) is 6.08 Å². The van der Waals surface area contributed by atoms with E-state index in [1.165, 1.54) is 12.1 Å². The standard InChI is InChI=1S/C38H53F3O3/c1-32(2)16-9-17-37(8,44-32)26-14-18-36(7)30(26)27(42)21-29-34(5)22-24(20-23-10-12-25(13-11-23)38(39,40)41)31(43)33(3,4)28(34)15-19-35(29,36)6/h10-13,20,26-30,42H,9,14-19,21-22H2,1-8H3/b24-20-/t26?,27-,28?,29?,30?,34+,35-,36-,37-/m1/s1. The minimum Gasteiger partial charge on any atom is -0.393 e. The minimum atomic E-state index is -4.40. The largest absolute Gasteiger partial charge is 0.416 e. The van der Waals surface area contributed by atoms with E-state index in [9.17, 15) is 23.1 Å². The summed E-state index contributed by atoms with van der Waals surface area (Å²) in [6.07, 6.45) is 5.71. The van der Waals surface area contributed by atoms with Crippen LogP contribution in [0.3, 0.4) is 0 Å². The first-order valence-corrected chi connectivity index (χ1v) is 17.0. The minimum absolute atomic E-state index is 0.00657. The molecule has 0 bridgehead atoms. The topological polar surface area (TPSA) is 46.5 Å². The molecule has 1 heterocycles. The Hall–Kier alpha value is -1.66. The molecule has 244 valence electrons. The molecule has 1 aliphatic heterocycles. The van der Waals surface area contributed by atoms with Crippen molar-refractivity contribution in [2.24, 2.45) is 45.3 Å². The summed E-state index contributed by atoms with van der Waals surface area (Å²) in [6.45, 7) is 18.1. The molecular weight excluding hydrogens is 561 g/mol. The molecule has 1 aromatic carbocycles. The molecule has 4 saturated carbocycles. The molecular formula is C38H53F3O3. The molecule has 4 aliphatic carbocycles. The van der Waals surface area contributed by atoms with Crippen LogP contribution in [-0.2, 0) is 15.7 Å². The normalized spacial score (nSPS) is 45.9. The van der Waals surface area contributed by atoms with E-state index in [4.69, 9.17) is 4.74 Å². The molecule has 44 heavy (non-hydrogen) atoms. The molecule has 0 spiro atoms. The van der Waals surface area contributed by atoms with Crippen LogP contribution in [0.1, 0.15) is 124 Å². The summed E-state index contributed by atoms with van der Waals surface area (Å²) < 4.78 is 46.5. The van der Waals surface area contributed by atoms with Crippen molar-refractivity contribution < 1.29 is 27.8 Å². The van der Waals surface area contributed by atoms with E-state index in [0.29, 0.717) is 23.5 Å². The molecule has 6 heteroatoms. The predicted octanol–water partition coefficient (Wildman–Crippen LogP) is 9.66. The van der Waals surface area contributed by atoms with Gasteiger partial charge in [-0.25, -0.2) is 0 Å². The fraction of sp³-hybridized carbons (Fsp3) is 0.763. The molecule has 5 fully saturated rings. The lowest BCUT2D eigenvalue weighted by atomic mass is 9.35. The first-order chi connectivity index (χ1) is 20.2. The van der Waals surface area contributed by atoms with Gasteiger partial charge in [-0.05, 0) is 148 Å². The number of allylic oxidation sites excluding steroid dienone is 1. The van der Waals surface area contributed by atoms with Crippen molar-refractivity contribution >= 4 is 11.9 Å². The highest BCUT2D eigenvalue weighted by Gasteiger charge is 2.72. The Kier molecular flexibility index (Phi) is 7.28. The Balaban J connectivity index is 1.36. The third-order valence-corrected chi connectivity index (χ3v) is 14.3. The van der Waals surface area contributed by atoms with Gasteiger partial charge in [-0.1, -0.05) is 46.8 Å². The van der Waals surface area contributed by atoms with Crippen LogP contribution in [0.15, 0.2) is 29.8 Å². The summed E-state index contributed by atoms with van der Waals surface area (Å²) >= 11 is 0. The van der Waals surface area contributed by atoms with E-state index in [0.717, 1.165) is 63.5 Å². The number of Topliss-reactive ketones (excluding diaryl/α,β-unsaturated/α-hetero) is 1. The Bertz CT molecular complexity index is 1340. The highest BCUT2D eigenvalue weighted by atomic mass is 19.4. The molecule has 1 N–H and O–H groups in total. The summed E-state index contributed by atoms with van der Waals surface area (Å²) in [6, 6.07) is 5.14. The van der Waals surface area contributed by atoms with Crippen molar-refractivity contribution in [3.05, 3.63) is 41.0 Å². The first-order valence-electron chi connectivity index (χ1n) is 17.0. The molecule has 3 nitrogen and oxygen atoms in total. The van der Waals surface area contributed by atoms with Crippen molar-refractivity contribution in [1.29, 1.82) is 0 Å². The lowest BCUT2D eigenvalue weighted by Gasteiger charge is -2.70. The van der Waals surface area contributed by atoms with Crippen molar-refractivity contribution in [3.8, 4) is 0 Å². The quantitative estimate of drug-likeness (QED) is 0.338.